The average molecular weight is 383 g/mol. The second kappa shape index (κ2) is 6.83. The monoisotopic (exact) mass is 383 g/mol. The van der Waals surface area contributed by atoms with Gasteiger partial charge in [-0.05, 0) is 36.6 Å². The number of rotatable bonds is 6. The summed E-state index contributed by atoms with van der Waals surface area (Å²) < 4.78 is 29.0. The highest BCUT2D eigenvalue weighted by Crippen LogP contribution is 2.22. The van der Waals surface area contributed by atoms with Gasteiger partial charge in [0, 0.05) is 36.7 Å². The van der Waals surface area contributed by atoms with Gasteiger partial charge in [-0.15, -0.1) is 0 Å². The van der Waals surface area contributed by atoms with Crippen LogP contribution in [0, 0.1) is 0 Å². The largest absolute Gasteiger partial charge is 0.350 e. The van der Waals surface area contributed by atoms with E-state index in [0.29, 0.717) is 12.1 Å². The summed E-state index contributed by atoms with van der Waals surface area (Å²) in [7, 11) is -1.54. The fraction of sp³-hybridized carbons (Fsp3) is 0.250. The van der Waals surface area contributed by atoms with Crippen LogP contribution in [0.2, 0.25) is 0 Å². The summed E-state index contributed by atoms with van der Waals surface area (Å²) in [5.74, 6) is -0.154. The van der Waals surface area contributed by atoms with Crippen LogP contribution in [0.15, 0.2) is 59.6 Å². The molecule has 1 aliphatic rings. The number of nitrogens with zero attached hydrogens (tertiary/aromatic N) is 1. The van der Waals surface area contributed by atoms with Crippen LogP contribution in [0.25, 0.3) is 10.9 Å². The number of amides is 1. The normalized spacial score (nSPS) is 14.4. The Bertz CT molecular complexity index is 1100. The molecule has 1 fully saturated rings. The van der Waals surface area contributed by atoms with Gasteiger partial charge in [-0.1, -0.05) is 30.3 Å². The van der Waals surface area contributed by atoms with Crippen molar-refractivity contribution in [1.82, 2.24) is 14.6 Å². The first-order valence-electron chi connectivity index (χ1n) is 8.87. The zero-order chi connectivity index (χ0) is 19.0. The predicted molar refractivity (Wildman–Crippen MR) is 104 cm³/mol. The lowest BCUT2D eigenvalue weighted by atomic mass is 10.1. The van der Waals surface area contributed by atoms with Crippen LogP contribution in [0.3, 0.4) is 0 Å². The van der Waals surface area contributed by atoms with Gasteiger partial charge >= 0.3 is 0 Å². The van der Waals surface area contributed by atoms with Crippen LogP contribution in [-0.4, -0.2) is 24.9 Å². The lowest BCUT2D eigenvalue weighted by Gasteiger charge is -2.08. The number of benzene rings is 2. The van der Waals surface area contributed by atoms with E-state index < -0.39 is 10.0 Å². The lowest BCUT2D eigenvalue weighted by molar-refractivity contribution is 0.0952. The molecule has 0 spiro atoms. The van der Waals surface area contributed by atoms with Crippen LogP contribution in [0.4, 0.5) is 0 Å². The number of aromatic nitrogens is 1. The van der Waals surface area contributed by atoms with Gasteiger partial charge in [-0.2, -0.15) is 0 Å². The second-order valence-electron chi connectivity index (χ2n) is 6.89. The molecule has 6 nitrogen and oxygen atoms in total. The fourth-order valence-corrected chi connectivity index (χ4v) is 4.38. The van der Waals surface area contributed by atoms with Gasteiger partial charge in [0.1, 0.15) is 0 Å². The number of nitrogens with one attached hydrogen (secondary N) is 2. The molecule has 140 valence electrons. The van der Waals surface area contributed by atoms with Crippen molar-refractivity contribution in [2.24, 2.45) is 7.05 Å². The lowest BCUT2D eigenvalue weighted by Crippen LogP contribution is -2.26. The SMILES string of the molecule is Cn1cc(C(=O)NCc2ccc(S(=O)(=O)NC3CC3)cc2)c2ccccc21. The van der Waals surface area contributed by atoms with E-state index in [9.17, 15) is 13.2 Å². The molecule has 0 unspecified atom stereocenters. The molecule has 0 atom stereocenters. The van der Waals surface area contributed by atoms with E-state index in [1.54, 1.807) is 24.3 Å². The first kappa shape index (κ1) is 17.8. The molecule has 1 amide bonds. The molecule has 27 heavy (non-hydrogen) atoms. The fourth-order valence-electron chi connectivity index (χ4n) is 3.08. The molecule has 2 aromatic carbocycles. The van der Waals surface area contributed by atoms with E-state index in [4.69, 9.17) is 0 Å². The Morgan fingerprint density at radius 2 is 1.81 bits per heavy atom. The summed E-state index contributed by atoms with van der Waals surface area (Å²) in [5, 5.41) is 3.81. The average Bonchev–Trinajstić information content (AvgIpc) is 3.41. The number of sulfonamides is 1. The summed E-state index contributed by atoms with van der Waals surface area (Å²) >= 11 is 0. The minimum Gasteiger partial charge on any atom is -0.350 e. The van der Waals surface area contributed by atoms with Crippen molar-refractivity contribution in [3.8, 4) is 0 Å². The molecular formula is C20H21N3O3S. The quantitative estimate of drug-likeness (QED) is 0.686. The van der Waals surface area contributed by atoms with Crippen LogP contribution in [-0.2, 0) is 23.6 Å². The van der Waals surface area contributed by atoms with Crippen molar-refractivity contribution in [1.29, 1.82) is 0 Å². The van der Waals surface area contributed by atoms with Gasteiger partial charge in [-0.25, -0.2) is 13.1 Å². The van der Waals surface area contributed by atoms with E-state index >= 15 is 0 Å². The Morgan fingerprint density at radius 1 is 1.11 bits per heavy atom. The predicted octanol–water partition coefficient (Wildman–Crippen LogP) is 2.55. The number of aryl methyl sites for hydroxylation is 1. The van der Waals surface area contributed by atoms with E-state index in [1.165, 1.54) is 0 Å². The third kappa shape index (κ3) is 3.74. The van der Waals surface area contributed by atoms with Gasteiger partial charge in [0.25, 0.3) is 5.91 Å². The molecule has 3 aromatic rings. The van der Waals surface area contributed by atoms with Crippen LogP contribution in [0.5, 0.6) is 0 Å². The molecule has 7 heteroatoms. The Morgan fingerprint density at radius 3 is 2.52 bits per heavy atom. The van der Waals surface area contributed by atoms with Gasteiger partial charge in [0.2, 0.25) is 10.0 Å². The van der Waals surface area contributed by atoms with Crippen LogP contribution >= 0.6 is 0 Å². The number of hydrogen-bond acceptors (Lipinski definition) is 3. The standard InChI is InChI=1S/C20H21N3O3S/c1-23-13-18(17-4-2-3-5-19(17)23)20(24)21-12-14-6-10-16(11-7-14)27(25,26)22-15-8-9-15/h2-7,10-11,13,15,22H,8-9,12H2,1H3,(H,21,24). The summed E-state index contributed by atoms with van der Waals surface area (Å²) in [6.45, 7) is 0.332. The molecule has 0 radical (unpaired) electrons. The summed E-state index contributed by atoms with van der Waals surface area (Å²) in [6.07, 6.45) is 3.62. The van der Waals surface area contributed by atoms with Gasteiger partial charge in [-0.3, -0.25) is 4.79 Å². The first-order chi connectivity index (χ1) is 12.9. The third-order valence-electron chi connectivity index (χ3n) is 4.73. The topological polar surface area (TPSA) is 80.2 Å². The molecule has 0 bridgehead atoms. The van der Waals surface area contributed by atoms with Crippen molar-refractivity contribution >= 4 is 26.8 Å². The molecule has 1 saturated carbocycles. The van der Waals surface area contributed by atoms with Crippen LogP contribution in [0.1, 0.15) is 28.8 Å². The van der Waals surface area contributed by atoms with Gasteiger partial charge < -0.3 is 9.88 Å². The minimum absolute atomic E-state index is 0.0784. The first-order valence-corrected chi connectivity index (χ1v) is 10.4. The summed E-state index contributed by atoms with van der Waals surface area (Å²) in [4.78, 5) is 12.8. The number of fused-ring (bicyclic) bond motifs is 1. The highest BCUT2D eigenvalue weighted by Gasteiger charge is 2.27. The zero-order valence-electron chi connectivity index (χ0n) is 15.0. The zero-order valence-corrected chi connectivity index (χ0v) is 15.8. The Kier molecular flexibility index (Phi) is 4.49. The molecule has 1 heterocycles. The molecule has 1 aromatic heterocycles. The van der Waals surface area contributed by atoms with E-state index in [2.05, 4.69) is 10.0 Å². The molecule has 4 rings (SSSR count). The number of hydrogen-bond donors (Lipinski definition) is 2. The Hall–Kier alpha value is -2.64. The van der Waals surface area contributed by atoms with Crippen LogP contribution < -0.4 is 10.0 Å². The second-order valence-corrected chi connectivity index (χ2v) is 8.61. The number of carbonyl (C=O) groups excluding carboxylic acids is 1. The summed E-state index contributed by atoms with van der Waals surface area (Å²) in [5.41, 5.74) is 2.47. The van der Waals surface area contributed by atoms with Crippen molar-refractivity contribution in [2.45, 2.75) is 30.3 Å². The van der Waals surface area contributed by atoms with Crippen molar-refractivity contribution in [2.75, 3.05) is 0 Å². The van der Waals surface area contributed by atoms with Gasteiger partial charge in [0.05, 0.1) is 10.5 Å². The van der Waals surface area contributed by atoms with Crippen molar-refractivity contribution in [3.63, 3.8) is 0 Å². The maximum absolute atomic E-state index is 12.6. The number of carbonyl (C=O) groups is 1. The minimum atomic E-state index is -3.45. The molecule has 0 aliphatic heterocycles. The molecule has 0 saturated heterocycles. The maximum Gasteiger partial charge on any atom is 0.253 e. The van der Waals surface area contributed by atoms with E-state index in [-0.39, 0.29) is 16.8 Å². The molecule has 2 N–H and O–H groups in total. The van der Waals surface area contributed by atoms with Gasteiger partial charge in [0.15, 0.2) is 0 Å². The van der Waals surface area contributed by atoms with E-state index in [1.807, 2.05) is 42.1 Å². The molecular weight excluding hydrogens is 362 g/mol. The Labute approximate surface area is 158 Å². The smallest absolute Gasteiger partial charge is 0.253 e. The number of para-hydroxylation sites is 1. The van der Waals surface area contributed by atoms with Crippen molar-refractivity contribution in [3.05, 3.63) is 65.9 Å². The Balaban J connectivity index is 1.44. The molecule has 1 aliphatic carbocycles. The highest BCUT2D eigenvalue weighted by atomic mass is 32.2. The van der Waals surface area contributed by atoms with E-state index in [0.717, 1.165) is 29.3 Å². The third-order valence-corrected chi connectivity index (χ3v) is 6.26. The summed E-state index contributed by atoms with van der Waals surface area (Å²) in [6, 6.07) is 14.4. The highest BCUT2D eigenvalue weighted by molar-refractivity contribution is 7.89. The maximum atomic E-state index is 12.6. The van der Waals surface area contributed by atoms with Crippen molar-refractivity contribution < 1.29 is 13.2 Å².